The molecule has 1 spiro atoms. The van der Waals surface area contributed by atoms with Gasteiger partial charge in [-0.3, -0.25) is 14.4 Å². The number of anilines is 1. The van der Waals surface area contributed by atoms with E-state index in [1.807, 2.05) is 6.07 Å². The molecular weight excluding hydrogens is 380 g/mol. The number of fused-ring (bicyclic) bond motifs is 5. The summed E-state index contributed by atoms with van der Waals surface area (Å²) in [4.78, 5) is 43.2. The number of halogens is 1. The molecule has 5 rings (SSSR count). The zero-order valence-electron chi connectivity index (χ0n) is 15.2. The fourth-order valence-electron chi connectivity index (χ4n) is 4.48. The lowest BCUT2D eigenvalue weighted by Gasteiger charge is -2.33. The molecule has 0 saturated carbocycles. The van der Waals surface area contributed by atoms with Crippen molar-refractivity contribution in [2.24, 2.45) is 0 Å². The van der Waals surface area contributed by atoms with Crippen molar-refractivity contribution in [3.05, 3.63) is 74.6 Å². The van der Waals surface area contributed by atoms with Crippen molar-refractivity contribution in [3.63, 3.8) is 0 Å². The van der Waals surface area contributed by atoms with Gasteiger partial charge in [0, 0.05) is 29.9 Å². The topological polar surface area (TPSA) is 70.8 Å². The van der Waals surface area contributed by atoms with Crippen LogP contribution >= 0.6 is 11.6 Å². The van der Waals surface area contributed by atoms with Gasteiger partial charge in [0.2, 0.25) is 5.76 Å². The molecule has 0 N–H and O–H groups in total. The van der Waals surface area contributed by atoms with Crippen LogP contribution in [0.15, 0.2) is 51.7 Å². The molecule has 3 aromatic rings. The molecule has 0 saturated heterocycles. The highest BCUT2D eigenvalue weighted by atomic mass is 35.5. The zero-order chi connectivity index (χ0) is 19.8. The van der Waals surface area contributed by atoms with Gasteiger partial charge in [0.15, 0.2) is 11.0 Å². The van der Waals surface area contributed by atoms with Gasteiger partial charge in [0.25, 0.3) is 11.8 Å². The summed E-state index contributed by atoms with van der Waals surface area (Å²) in [6.45, 7) is 2.02. The third-order valence-electron chi connectivity index (χ3n) is 5.64. The van der Waals surface area contributed by atoms with Crippen LogP contribution in [0.3, 0.4) is 0 Å². The number of carbonyl (C=O) groups excluding carboxylic acids is 2. The average Bonchev–Trinajstić information content (AvgIpc) is 3.08. The number of benzene rings is 2. The second-order valence-corrected chi connectivity index (χ2v) is 7.35. The summed E-state index contributed by atoms with van der Waals surface area (Å²) in [7, 11) is 1.64. The Morgan fingerprint density at radius 2 is 1.86 bits per heavy atom. The Hall–Kier alpha value is -3.12. The minimum atomic E-state index is -1.52. The third-order valence-corrected chi connectivity index (χ3v) is 5.88. The van der Waals surface area contributed by atoms with Gasteiger partial charge in [0.05, 0.1) is 10.9 Å². The van der Waals surface area contributed by atoms with Crippen LogP contribution in [0, 0.1) is 0 Å². The van der Waals surface area contributed by atoms with Gasteiger partial charge in [-0.15, -0.1) is 0 Å². The number of hydrogen-bond donors (Lipinski definition) is 0. The predicted molar refractivity (Wildman–Crippen MR) is 105 cm³/mol. The fraction of sp³-hybridized carbons (Fsp3) is 0.190. The van der Waals surface area contributed by atoms with E-state index in [0.29, 0.717) is 16.3 Å². The first-order chi connectivity index (χ1) is 13.4. The van der Waals surface area contributed by atoms with Crippen molar-refractivity contribution in [2.75, 3.05) is 18.5 Å². The van der Waals surface area contributed by atoms with Crippen LogP contribution in [-0.4, -0.2) is 30.3 Å². The van der Waals surface area contributed by atoms with Crippen molar-refractivity contribution < 1.29 is 14.0 Å². The summed E-state index contributed by atoms with van der Waals surface area (Å²) in [5.41, 5.74) is -0.342. The Bertz CT molecular complexity index is 1260. The minimum Gasteiger partial charge on any atom is -0.450 e. The lowest BCUT2D eigenvalue weighted by atomic mass is 9.84. The van der Waals surface area contributed by atoms with Crippen molar-refractivity contribution in [3.8, 4) is 0 Å². The molecule has 2 aliphatic heterocycles. The largest absolute Gasteiger partial charge is 0.450 e. The Morgan fingerprint density at radius 3 is 2.61 bits per heavy atom. The number of carbonyl (C=O) groups is 2. The van der Waals surface area contributed by atoms with Crippen LogP contribution in [0.1, 0.15) is 28.6 Å². The summed E-state index contributed by atoms with van der Waals surface area (Å²) in [5, 5.41) is 0.622. The standard InChI is InChI=1S/C21H15ClN2O4/c1-3-24-19(26)18-16(17(25)12-10-11(22)8-9-15(12)28-18)21(24)13-6-4-5-7-14(13)23(2)20(21)27/h4-10H,3H2,1-2H3. The molecule has 1 unspecified atom stereocenters. The van der Waals surface area contributed by atoms with Crippen molar-refractivity contribution in [1.29, 1.82) is 0 Å². The molecule has 2 aromatic carbocycles. The summed E-state index contributed by atoms with van der Waals surface area (Å²) in [5.74, 6) is -0.902. The highest BCUT2D eigenvalue weighted by Gasteiger charge is 2.64. The molecule has 2 amide bonds. The maximum absolute atomic E-state index is 13.5. The van der Waals surface area contributed by atoms with E-state index in [2.05, 4.69) is 0 Å². The summed E-state index contributed by atoms with van der Waals surface area (Å²) >= 11 is 6.08. The van der Waals surface area contributed by atoms with E-state index in [1.165, 1.54) is 15.9 Å². The summed E-state index contributed by atoms with van der Waals surface area (Å²) < 4.78 is 5.85. The molecule has 0 aliphatic carbocycles. The van der Waals surface area contributed by atoms with E-state index in [9.17, 15) is 14.4 Å². The normalized spacial score (nSPS) is 20.4. The number of rotatable bonds is 1. The van der Waals surface area contributed by atoms with Gasteiger partial charge in [0.1, 0.15) is 5.58 Å². The molecule has 7 heteroatoms. The predicted octanol–water partition coefficient (Wildman–Crippen LogP) is 3.14. The van der Waals surface area contributed by atoms with Gasteiger partial charge in [-0.2, -0.15) is 0 Å². The Labute approximate surface area is 164 Å². The highest BCUT2D eigenvalue weighted by Crippen LogP contribution is 2.51. The molecule has 3 heterocycles. The second-order valence-electron chi connectivity index (χ2n) is 6.92. The SMILES string of the molecule is CCN1C(=O)c2oc3ccc(Cl)cc3c(=O)c2C12C(=O)N(C)c1ccccc12. The van der Waals surface area contributed by atoms with E-state index in [1.54, 1.807) is 44.3 Å². The van der Waals surface area contributed by atoms with Gasteiger partial charge in [-0.1, -0.05) is 29.8 Å². The Kier molecular flexibility index (Phi) is 3.31. The number of para-hydroxylation sites is 1. The molecule has 0 radical (unpaired) electrons. The molecule has 28 heavy (non-hydrogen) atoms. The maximum atomic E-state index is 13.5. The molecule has 2 aliphatic rings. The Balaban J connectivity index is 1.99. The first-order valence-electron chi connectivity index (χ1n) is 8.89. The lowest BCUT2D eigenvalue weighted by molar-refractivity contribution is -0.125. The third kappa shape index (κ3) is 1.76. The fourth-order valence-corrected chi connectivity index (χ4v) is 4.65. The van der Waals surface area contributed by atoms with Gasteiger partial charge >= 0.3 is 0 Å². The molecule has 0 fully saturated rings. The maximum Gasteiger partial charge on any atom is 0.291 e. The van der Waals surface area contributed by atoms with Crippen LogP contribution in [0.5, 0.6) is 0 Å². The first kappa shape index (κ1) is 17.0. The minimum absolute atomic E-state index is 0.0657. The number of nitrogens with zero attached hydrogens (tertiary/aromatic N) is 2. The molecule has 1 atom stereocenters. The number of likely N-dealkylation sites (N-methyl/N-ethyl adjacent to an activating group) is 2. The first-order valence-corrected chi connectivity index (χ1v) is 9.27. The molecule has 0 bridgehead atoms. The second kappa shape index (κ2) is 5.45. The van der Waals surface area contributed by atoms with Crippen LogP contribution in [-0.2, 0) is 10.3 Å². The number of amides is 2. The van der Waals surface area contributed by atoms with E-state index in [-0.39, 0.29) is 34.7 Å². The zero-order valence-corrected chi connectivity index (χ0v) is 15.9. The van der Waals surface area contributed by atoms with Crippen molar-refractivity contribution in [2.45, 2.75) is 12.5 Å². The Morgan fingerprint density at radius 1 is 1.11 bits per heavy atom. The van der Waals surface area contributed by atoms with Gasteiger partial charge in [-0.05, 0) is 31.2 Å². The molecule has 1 aromatic heterocycles. The van der Waals surface area contributed by atoms with Crippen LogP contribution in [0.25, 0.3) is 11.0 Å². The van der Waals surface area contributed by atoms with E-state index >= 15 is 0 Å². The van der Waals surface area contributed by atoms with E-state index < -0.39 is 16.9 Å². The summed E-state index contributed by atoms with van der Waals surface area (Å²) in [6, 6.07) is 11.9. The molecule has 6 nitrogen and oxygen atoms in total. The number of hydrogen-bond acceptors (Lipinski definition) is 4. The van der Waals surface area contributed by atoms with Gasteiger partial charge < -0.3 is 14.2 Å². The average molecular weight is 395 g/mol. The van der Waals surface area contributed by atoms with Crippen LogP contribution < -0.4 is 10.3 Å². The van der Waals surface area contributed by atoms with Crippen molar-refractivity contribution in [1.82, 2.24) is 4.90 Å². The smallest absolute Gasteiger partial charge is 0.291 e. The van der Waals surface area contributed by atoms with Crippen LogP contribution in [0.4, 0.5) is 5.69 Å². The van der Waals surface area contributed by atoms with E-state index in [4.69, 9.17) is 16.0 Å². The molecular formula is C21H15ClN2O4. The van der Waals surface area contributed by atoms with Crippen molar-refractivity contribution >= 4 is 40.1 Å². The van der Waals surface area contributed by atoms with Crippen LogP contribution in [0.2, 0.25) is 5.02 Å². The monoisotopic (exact) mass is 394 g/mol. The van der Waals surface area contributed by atoms with Gasteiger partial charge in [-0.25, -0.2) is 0 Å². The summed E-state index contributed by atoms with van der Waals surface area (Å²) in [6.07, 6.45) is 0. The van der Waals surface area contributed by atoms with E-state index in [0.717, 1.165) is 0 Å². The molecule has 140 valence electrons. The highest BCUT2D eigenvalue weighted by molar-refractivity contribution is 6.31. The lowest BCUT2D eigenvalue weighted by Crippen LogP contribution is -2.52. The quantitative estimate of drug-likeness (QED) is 0.635.